The van der Waals surface area contributed by atoms with E-state index >= 15 is 0 Å². The molecule has 1 unspecified atom stereocenters. The van der Waals surface area contributed by atoms with Crippen molar-refractivity contribution in [3.8, 4) is 5.75 Å². The lowest BCUT2D eigenvalue weighted by Crippen LogP contribution is -2.48. The van der Waals surface area contributed by atoms with Crippen LogP contribution in [0, 0.1) is 6.92 Å². The van der Waals surface area contributed by atoms with E-state index in [0.29, 0.717) is 13.2 Å². The van der Waals surface area contributed by atoms with Crippen molar-refractivity contribution in [1.29, 1.82) is 0 Å². The maximum atomic E-state index is 10.9. The molecule has 0 saturated carbocycles. The predicted octanol–water partition coefficient (Wildman–Crippen LogP) is 1.37. The molecule has 24 heavy (non-hydrogen) atoms. The number of nitrogens with zero attached hydrogens (tertiary/aromatic N) is 3. The summed E-state index contributed by atoms with van der Waals surface area (Å²) >= 11 is 0. The lowest BCUT2D eigenvalue weighted by Gasteiger charge is -2.30. The first-order chi connectivity index (χ1) is 11.5. The molecule has 1 N–H and O–H groups in total. The molecule has 1 aromatic carbocycles. The van der Waals surface area contributed by atoms with Gasteiger partial charge in [-0.25, -0.2) is 0 Å². The van der Waals surface area contributed by atoms with E-state index in [9.17, 15) is 5.11 Å². The highest BCUT2D eigenvalue weighted by Crippen LogP contribution is 2.19. The molecule has 0 amide bonds. The number of aromatic nitrogens is 2. The van der Waals surface area contributed by atoms with Crippen LogP contribution in [0.15, 0.2) is 36.7 Å². The topological polar surface area (TPSA) is 59.8 Å². The zero-order valence-electron chi connectivity index (χ0n) is 14.3. The number of aryl methyl sites for hydroxylation is 2. The van der Waals surface area contributed by atoms with E-state index in [4.69, 9.17) is 9.47 Å². The van der Waals surface area contributed by atoms with Crippen molar-refractivity contribution in [3.63, 3.8) is 0 Å². The number of benzene rings is 1. The van der Waals surface area contributed by atoms with E-state index in [0.717, 1.165) is 30.0 Å². The molecule has 130 valence electrons. The number of hydrogen-bond acceptors (Lipinski definition) is 5. The Morgan fingerprint density at radius 1 is 1.42 bits per heavy atom. The second kappa shape index (κ2) is 7.34. The summed E-state index contributed by atoms with van der Waals surface area (Å²) in [6, 6.07) is 7.84. The van der Waals surface area contributed by atoms with Crippen LogP contribution in [-0.4, -0.2) is 58.3 Å². The molecule has 0 aliphatic carbocycles. The highest BCUT2D eigenvalue weighted by atomic mass is 16.5. The Kier molecular flexibility index (Phi) is 5.18. The molecule has 2 heterocycles. The van der Waals surface area contributed by atoms with Gasteiger partial charge >= 0.3 is 0 Å². The number of rotatable bonds is 5. The molecule has 1 fully saturated rings. The summed E-state index contributed by atoms with van der Waals surface area (Å²) in [6.07, 6.45) is 3.85. The van der Waals surface area contributed by atoms with E-state index in [1.807, 2.05) is 50.6 Å². The molecule has 1 saturated heterocycles. The standard InChI is InChI=1S/C18H25N3O3/c1-15-4-3-5-17(8-15)24-14-18(22)12-21(6-7-23-13-18)11-16-9-19-20(2)10-16/h3-5,8-10,22H,6-7,11-14H2,1-2H3. The van der Waals surface area contributed by atoms with Crippen LogP contribution in [0.5, 0.6) is 5.75 Å². The molecule has 1 aliphatic heterocycles. The minimum Gasteiger partial charge on any atom is -0.490 e. The van der Waals surface area contributed by atoms with Crippen LogP contribution < -0.4 is 4.74 Å². The van der Waals surface area contributed by atoms with Gasteiger partial charge in [0.05, 0.1) is 19.4 Å². The number of β-amino-alcohol motifs (C(OH)–C–C–N with tert-alkyl or cyclic N) is 1. The van der Waals surface area contributed by atoms with Gasteiger partial charge in [0.15, 0.2) is 0 Å². The van der Waals surface area contributed by atoms with Crippen LogP contribution in [0.25, 0.3) is 0 Å². The predicted molar refractivity (Wildman–Crippen MR) is 90.9 cm³/mol. The third-order valence-electron chi connectivity index (χ3n) is 4.10. The Morgan fingerprint density at radius 3 is 3.04 bits per heavy atom. The summed E-state index contributed by atoms with van der Waals surface area (Å²) in [5, 5.41) is 15.1. The van der Waals surface area contributed by atoms with Gasteiger partial charge in [-0.3, -0.25) is 9.58 Å². The van der Waals surface area contributed by atoms with Gasteiger partial charge in [0.2, 0.25) is 0 Å². The van der Waals surface area contributed by atoms with Crippen molar-refractivity contribution in [2.24, 2.45) is 7.05 Å². The fourth-order valence-corrected chi connectivity index (χ4v) is 2.95. The van der Waals surface area contributed by atoms with Gasteiger partial charge in [0.25, 0.3) is 0 Å². The Labute approximate surface area is 142 Å². The Morgan fingerprint density at radius 2 is 2.29 bits per heavy atom. The van der Waals surface area contributed by atoms with Crippen LogP contribution in [-0.2, 0) is 18.3 Å². The third kappa shape index (κ3) is 4.56. The Hall–Kier alpha value is -1.89. The fourth-order valence-electron chi connectivity index (χ4n) is 2.95. The molecule has 0 spiro atoms. The van der Waals surface area contributed by atoms with Crippen LogP contribution >= 0.6 is 0 Å². The second-order valence-corrected chi connectivity index (χ2v) is 6.62. The average molecular weight is 331 g/mol. The van der Waals surface area contributed by atoms with Gasteiger partial charge in [-0.05, 0) is 24.6 Å². The van der Waals surface area contributed by atoms with E-state index < -0.39 is 5.60 Å². The van der Waals surface area contributed by atoms with E-state index in [-0.39, 0.29) is 13.2 Å². The molecule has 0 bridgehead atoms. The highest BCUT2D eigenvalue weighted by molar-refractivity contribution is 5.27. The quantitative estimate of drug-likeness (QED) is 0.897. The van der Waals surface area contributed by atoms with Crippen molar-refractivity contribution < 1.29 is 14.6 Å². The minimum atomic E-state index is -1.03. The van der Waals surface area contributed by atoms with Crippen LogP contribution in [0.2, 0.25) is 0 Å². The zero-order valence-corrected chi connectivity index (χ0v) is 14.3. The third-order valence-corrected chi connectivity index (χ3v) is 4.10. The van der Waals surface area contributed by atoms with Gasteiger partial charge in [0, 0.05) is 38.4 Å². The summed E-state index contributed by atoms with van der Waals surface area (Å²) in [6.45, 7) is 5.14. The van der Waals surface area contributed by atoms with E-state index in [2.05, 4.69) is 10.00 Å². The smallest absolute Gasteiger partial charge is 0.134 e. The second-order valence-electron chi connectivity index (χ2n) is 6.62. The van der Waals surface area contributed by atoms with Crippen molar-refractivity contribution in [3.05, 3.63) is 47.8 Å². The van der Waals surface area contributed by atoms with Gasteiger partial charge in [-0.15, -0.1) is 0 Å². The van der Waals surface area contributed by atoms with Crippen LogP contribution in [0.4, 0.5) is 0 Å². The van der Waals surface area contributed by atoms with Crippen molar-refractivity contribution in [1.82, 2.24) is 14.7 Å². The van der Waals surface area contributed by atoms with Gasteiger partial charge in [-0.1, -0.05) is 12.1 Å². The monoisotopic (exact) mass is 331 g/mol. The number of ether oxygens (including phenoxy) is 2. The fraction of sp³-hybridized carbons (Fsp3) is 0.500. The van der Waals surface area contributed by atoms with Crippen molar-refractivity contribution in [2.75, 3.05) is 32.9 Å². The first kappa shape index (κ1) is 17.0. The Bertz CT molecular complexity index is 673. The minimum absolute atomic E-state index is 0.208. The lowest BCUT2D eigenvalue weighted by molar-refractivity contribution is -0.0646. The maximum absolute atomic E-state index is 10.9. The maximum Gasteiger partial charge on any atom is 0.134 e. The van der Waals surface area contributed by atoms with Crippen molar-refractivity contribution in [2.45, 2.75) is 19.1 Å². The summed E-state index contributed by atoms with van der Waals surface area (Å²) < 4.78 is 13.2. The number of aliphatic hydroxyl groups is 1. The molecule has 0 radical (unpaired) electrons. The van der Waals surface area contributed by atoms with Crippen LogP contribution in [0.3, 0.4) is 0 Å². The molecular formula is C18H25N3O3. The Balaban J connectivity index is 1.62. The molecule has 6 heteroatoms. The normalized spacial score (nSPS) is 22.3. The van der Waals surface area contributed by atoms with Crippen molar-refractivity contribution >= 4 is 0 Å². The number of hydrogen-bond donors (Lipinski definition) is 1. The SMILES string of the molecule is Cc1cccc(OCC2(O)COCCN(Cc3cnn(C)c3)C2)c1. The molecule has 2 aromatic rings. The van der Waals surface area contributed by atoms with E-state index in [1.54, 1.807) is 4.68 Å². The molecule has 1 aromatic heterocycles. The summed E-state index contributed by atoms with van der Waals surface area (Å²) in [5.74, 6) is 0.770. The zero-order chi connectivity index (χ0) is 17.0. The summed E-state index contributed by atoms with van der Waals surface area (Å²) in [5.41, 5.74) is 1.23. The molecular weight excluding hydrogens is 306 g/mol. The lowest BCUT2D eigenvalue weighted by atomic mass is 10.1. The average Bonchev–Trinajstić information content (AvgIpc) is 2.85. The summed E-state index contributed by atoms with van der Waals surface area (Å²) in [7, 11) is 1.90. The molecule has 6 nitrogen and oxygen atoms in total. The van der Waals surface area contributed by atoms with E-state index in [1.165, 1.54) is 0 Å². The van der Waals surface area contributed by atoms with Gasteiger partial charge < -0.3 is 14.6 Å². The highest BCUT2D eigenvalue weighted by Gasteiger charge is 2.33. The largest absolute Gasteiger partial charge is 0.490 e. The first-order valence-electron chi connectivity index (χ1n) is 8.22. The molecule has 1 aliphatic rings. The first-order valence-corrected chi connectivity index (χ1v) is 8.22. The molecule has 1 atom stereocenters. The van der Waals surface area contributed by atoms with Gasteiger partial charge in [-0.2, -0.15) is 5.10 Å². The molecule has 3 rings (SSSR count). The summed E-state index contributed by atoms with van der Waals surface area (Å²) in [4.78, 5) is 2.18. The van der Waals surface area contributed by atoms with Gasteiger partial charge in [0.1, 0.15) is 18.0 Å². The van der Waals surface area contributed by atoms with Crippen LogP contribution in [0.1, 0.15) is 11.1 Å².